The Labute approximate surface area is 245 Å². The van der Waals surface area contributed by atoms with Gasteiger partial charge in [-0.15, -0.1) is 11.3 Å². The van der Waals surface area contributed by atoms with Crippen LogP contribution >= 0.6 is 11.3 Å². The van der Waals surface area contributed by atoms with Crippen LogP contribution in [0.3, 0.4) is 0 Å². The van der Waals surface area contributed by atoms with Gasteiger partial charge in [0, 0.05) is 43.1 Å². The smallest absolute Gasteiger partial charge is 0.164 e. The molecule has 0 saturated carbocycles. The molecule has 9 rings (SSSR count). The van der Waals surface area contributed by atoms with Gasteiger partial charge in [0.25, 0.3) is 0 Å². The molecule has 0 saturated heterocycles. The molecule has 4 nitrogen and oxygen atoms in total. The lowest BCUT2D eigenvalue weighted by Crippen LogP contribution is -2.00. The van der Waals surface area contributed by atoms with Crippen LogP contribution in [0.1, 0.15) is 0 Å². The molecular weight excluding hydrogens is 533 g/mol. The molecule has 0 amide bonds. The molecule has 0 N–H and O–H groups in total. The number of nitrogens with zero attached hydrogens (tertiary/aromatic N) is 4. The molecule has 0 fully saturated rings. The zero-order chi connectivity index (χ0) is 27.6. The second-order valence-electron chi connectivity index (χ2n) is 10.5. The average Bonchev–Trinajstić information content (AvgIpc) is 3.74. The molecule has 5 heteroatoms. The van der Waals surface area contributed by atoms with Crippen LogP contribution in [0.25, 0.3) is 82.0 Å². The van der Waals surface area contributed by atoms with Crippen LogP contribution < -0.4 is 0 Å². The summed E-state index contributed by atoms with van der Waals surface area (Å²) >= 11 is 1.84. The standard InChI is InChI=1S/C37H22N4S/c1-3-11-23(12-4-1)34-38-35(24-13-5-2-6-14-24)40-36(39-34)26-16-9-15-25(21-26)32-22-30-29-19-10-18-28-27-17-7-8-20-31(27)41(33(28)29)37(30)42-32/h1-22H. The largest absolute Gasteiger partial charge is 0.299 e. The Bertz CT molecular complexity index is 2350. The Balaban J connectivity index is 1.22. The van der Waals surface area contributed by atoms with Crippen molar-refractivity contribution >= 4 is 48.7 Å². The summed E-state index contributed by atoms with van der Waals surface area (Å²) in [6.45, 7) is 0. The van der Waals surface area contributed by atoms with E-state index in [2.05, 4.69) is 77.2 Å². The summed E-state index contributed by atoms with van der Waals surface area (Å²) in [4.78, 5) is 17.2. The van der Waals surface area contributed by atoms with Crippen LogP contribution in [0.4, 0.5) is 0 Å². The highest BCUT2D eigenvalue weighted by Gasteiger charge is 2.20. The van der Waals surface area contributed by atoms with Crippen LogP contribution in [0, 0.1) is 0 Å². The van der Waals surface area contributed by atoms with E-state index in [1.54, 1.807) is 0 Å². The minimum absolute atomic E-state index is 0.664. The lowest BCUT2D eigenvalue weighted by atomic mass is 10.1. The van der Waals surface area contributed by atoms with Crippen molar-refractivity contribution in [2.24, 2.45) is 0 Å². The van der Waals surface area contributed by atoms with E-state index in [1.165, 1.54) is 42.3 Å². The summed E-state index contributed by atoms with van der Waals surface area (Å²) in [6, 6.07) is 46.5. The van der Waals surface area contributed by atoms with Gasteiger partial charge in [-0.3, -0.25) is 4.40 Å². The summed E-state index contributed by atoms with van der Waals surface area (Å²) in [5.41, 5.74) is 6.62. The molecule has 0 aliphatic carbocycles. The van der Waals surface area contributed by atoms with E-state index in [0.717, 1.165) is 22.3 Å². The lowest BCUT2D eigenvalue weighted by molar-refractivity contribution is 1.07. The number of rotatable bonds is 4. The van der Waals surface area contributed by atoms with Gasteiger partial charge >= 0.3 is 0 Å². The van der Waals surface area contributed by atoms with Crippen molar-refractivity contribution < 1.29 is 0 Å². The van der Waals surface area contributed by atoms with E-state index in [9.17, 15) is 0 Å². The van der Waals surface area contributed by atoms with Gasteiger partial charge in [-0.1, -0.05) is 115 Å². The minimum Gasteiger partial charge on any atom is -0.299 e. The average molecular weight is 555 g/mol. The lowest BCUT2D eigenvalue weighted by Gasteiger charge is -2.09. The first-order valence-electron chi connectivity index (χ1n) is 14.0. The molecule has 0 bridgehead atoms. The molecule has 4 aromatic heterocycles. The highest BCUT2D eigenvalue weighted by atomic mass is 32.1. The normalized spacial score (nSPS) is 11.8. The summed E-state index contributed by atoms with van der Waals surface area (Å²) in [6.07, 6.45) is 0. The maximum atomic E-state index is 4.94. The van der Waals surface area contributed by atoms with Gasteiger partial charge in [0.05, 0.1) is 11.0 Å². The number of benzene rings is 5. The molecule has 4 heterocycles. The fraction of sp³-hybridized carbons (Fsp3) is 0. The molecule has 0 atom stereocenters. The zero-order valence-electron chi connectivity index (χ0n) is 22.4. The fourth-order valence-electron chi connectivity index (χ4n) is 6.08. The van der Waals surface area contributed by atoms with Crippen molar-refractivity contribution in [2.75, 3.05) is 0 Å². The second kappa shape index (κ2) is 9.06. The van der Waals surface area contributed by atoms with Gasteiger partial charge in [0.2, 0.25) is 0 Å². The molecule has 0 aliphatic heterocycles. The topological polar surface area (TPSA) is 43.1 Å². The zero-order valence-corrected chi connectivity index (χ0v) is 23.2. The van der Waals surface area contributed by atoms with Gasteiger partial charge < -0.3 is 0 Å². The van der Waals surface area contributed by atoms with Crippen molar-refractivity contribution in [1.29, 1.82) is 0 Å². The van der Waals surface area contributed by atoms with Crippen LogP contribution in [-0.4, -0.2) is 19.4 Å². The number of para-hydroxylation sites is 2. The van der Waals surface area contributed by atoms with Crippen molar-refractivity contribution in [2.45, 2.75) is 0 Å². The van der Waals surface area contributed by atoms with E-state index >= 15 is 0 Å². The van der Waals surface area contributed by atoms with Crippen LogP contribution in [0.5, 0.6) is 0 Å². The molecule has 0 radical (unpaired) electrons. The minimum atomic E-state index is 0.664. The molecule has 0 spiro atoms. The molecule has 0 unspecified atom stereocenters. The third-order valence-electron chi connectivity index (χ3n) is 8.01. The Morgan fingerprint density at radius 2 is 0.952 bits per heavy atom. The van der Waals surface area contributed by atoms with E-state index in [-0.39, 0.29) is 0 Å². The molecular formula is C37H22N4S. The first-order chi connectivity index (χ1) is 20.8. The maximum absolute atomic E-state index is 4.94. The first kappa shape index (κ1) is 23.3. The first-order valence-corrected chi connectivity index (χ1v) is 14.8. The molecule has 5 aromatic carbocycles. The number of hydrogen-bond donors (Lipinski definition) is 0. The van der Waals surface area contributed by atoms with E-state index < -0.39 is 0 Å². The predicted octanol–water partition coefficient (Wildman–Crippen LogP) is 9.75. The third-order valence-corrected chi connectivity index (χ3v) is 9.17. The summed E-state index contributed by atoms with van der Waals surface area (Å²) in [5, 5.41) is 5.21. The van der Waals surface area contributed by atoms with Gasteiger partial charge in [-0.05, 0) is 23.8 Å². The monoisotopic (exact) mass is 554 g/mol. The van der Waals surface area contributed by atoms with Crippen LogP contribution in [-0.2, 0) is 0 Å². The number of fused-ring (bicyclic) bond motifs is 6. The van der Waals surface area contributed by atoms with Gasteiger partial charge in [-0.2, -0.15) is 0 Å². The second-order valence-corrected chi connectivity index (χ2v) is 11.5. The Morgan fingerprint density at radius 1 is 0.429 bits per heavy atom. The van der Waals surface area contributed by atoms with Crippen molar-refractivity contribution in [1.82, 2.24) is 19.4 Å². The van der Waals surface area contributed by atoms with Crippen LogP contribution in [0.2, 0.25) is 0 Å². The molecule has 9 aromatic rings. The number of aromatic nitrogens is 4. The van der Waals surface area contributed by atoms with E-state index in [4.69, 9.17) is 15.0 Å². The highest BCUT2D eigenvalue weighted by molar-refractivity contribution is 7.22. The molecule has 196 valence electrons. The summed E-state index contributed by atoms with van der Waals surface area (Å²) in [7, 11) is 0. The molecule has 42 heavy (non-hydrogen) atoms. The Hall–Kier alpha value is -5.39. The quantitative estimate of drug-likeness (QED) is 0.217. The van der Waals surface area contributed by atoms with Crippen molar-refractivity contribution in [3.63, 3.8) is 0 Å². The number of hydrogen-bond acceptors (Lipinski definition) is 4. The van der Waals surface area contributed by atoms with Gasteiger partial charge in [0.15, 0.2) is 17.5 Å². The summed E-state index contributed by atoms with van der Waals surface area (Å²) in [5.74, 6) is 2.00. The summed E-state index contributed by atoms with van der Waals surface area (Å²) < 4.78 is 2.44. The highest BCUT2D eigenvalue weighted by Crippen LogP contribution is 2.44. The van der Waals surface area contributed by atoms with Gasteiger partial charge in [0.1, 0.15) is 4.83 Å². The fourth-order valence-corrected chi connectivity index (χ4v) is 7.27. The number of thiophene rings is 1. The van der Waals surface area contributed by atoms with Crippen LogP contribution in [0.15, 0.2) is 133 Å². The third kappa shape index (κ3) is 3.51. The van der Waals surface area contributed by atoms with E-state index in [1.807, 2.05) is 72.0 Å². The van der Waals surface area contributed by atoms with Crippen molar-refractivity contribution in [3.8, 4) is 44.6 Å². The Kier molecular flexibility index (Phi) is 5.03. The predicted molar refractivity (Wildman–Crippen MR) is 174 cm³/mol. The maximum Gasteiger partial charge on any atom is 0.164 e. The Morgan fingerprint density at radius 3 is 1.67 bits per heavy atom. The van der Waals surface area contributed by atoms with Crippen molar-refractivity contribution in [3.05, 3.63) is 133 Å². The SMILES string of the molecule is c1ccc(-c2nc(-c3ccccc3)nc(-c3cccc(-c4cc5c6cccc7c8ccccc8n(c5s4)c76)c3)n2)cc1. The molecule has 0 aliphatic rings. The van der Waals surface area contributed by atoms with E-state index in [0.29, 0.717) is 17.5 Å². The van der Waals surface area contributed by atoms with Gasteiger partial charge in [-0.25, -0.2) is 15.0 Å².